The fourth-order valence-corrected chi connectivity index (χ4v) is 15.9. The Morgan fingerprint density at radius 1 is 0.548 bits per heavy atom. The van der Waals surface area contributed by atoms with Crippen LogP contribution in [0, 0.1) is 0 Å². The smallest absolute Gasteiger partial charge is 0.489 e. The first-order chi connectivity index (χ1) is 40.2. The molecule has 0 bridgehead atoms. The quantitative estimate of drug-likeness (QED) is 0.0988. The van der Waals surface area contributed by atoms with E-state index in [1.165, 1.54) is 69.8 Å². The summed E-state index contributed by atoms with van der Waals surface area (Å²) in [5.74, 6) is 1.83. The van der Waals surface area contributed by atoms with Gasteiger partial charge in [0.05, 0.1) is 42.4 Å². The van der Waals surface area contributed by atoms with Gasteiger partial charge in [-0.2, -0.15) is 0 Å². The molecule has 1 saturated heterocycles. The highest BCUT2D eigenvalue weighted by atomic mass is 35.5. The van der Waals surface area contributed by atoms with Gasteiger partial charge in [-0.25, -0.2) is 0 Å². The first-order valence-electron chi connectivity index (χ1n) is 29.3. The lowest BCUT2D eigenvalue weighted by Gasteiger charge is -2.39. The largest absolute Gasteiger partial charge is 0.496 e. The van der Waals surface area contributed by atoms with Crippen molar-refractivity contribution in [3.05, 3.63) is 193 Å². The topological polar surface area (TPSA) is 89.0 Å². The Hall–Kier alpha value is -7.00. The first-order valence-corrected chi connectivity index (χ1v) is 31.2. The standard InChI is InChI=1S/C26H35O2P.C20H15NO.C17H10ClNO.C9H17BO2.CH4/c1-27-23-17-11-18-24(28-2)26(23)22-16-9-10-19-25(22)29(20-12-5-3-6-13-20)21-14-7-4-8-15-21;1-13(2)14-10-11-21-18(12-14)17-8-5-7-16-15-6-3-4-9-19(15)22-20(16)17;18-11-8-9-19-15(10-11)14-6-3-5-13-12-4-1-2-7-16(12)20-17(13)14;1-7(2)10-11-8(3,4)9(5,6)12-10;/h9-11,16-21H,3-8,12-15H2,1-2H3;3-12H,1H2,2H3;1-10H;1H2,2-6H3;1H4. The Morgan fingerprint density at radius 2 is 0.988 bits per heavy atom. The van der Waals surface area contributed by atoms with Gasteiger partial charge >= 0.3 is 7.12 Å². The van der Waals surface area contributed by atoms with Crippen LogP contribution in [0.5, 0.6) is 11.5 Å². The number of hydrogen-bond acceptors (Lipinski definition) is 8. The molecule has 6 aromatic carbocycles. The molecule has 3 aliphatic rings. The van der Waals surface area contributed by atoms with Crippen LogP contribution in [0.1, 0.15) is 119 Å². The molecular weight excluding hydrogens is 1080 g/mol. The monoisotopic (exact) mass is 1160 g/mol. The molecular formula is C73H81BClN2O6P. The second-order valence-corrected chi connectivity index (χ2v) is 26.3. The molecule has 0 atom stereocenters. The summed E-state index contributed by atoms with van der Waals surface area (Å²) >= 11 is 6.05. The van der Waals surface area contributed by atoms with Crippen molar-refractivity contribution >= 4 is 81.4 Å². The van der Waals surface area contributed by atoms with Crippen molar-refractivity contribution in [1.29, 1.82) is 0 Å². The fraction of sp³-hybridized carbons (Fsp3) is 0.315. The number of rotatable bonds is 10. The third-order valence-corrected chi connectivity index (χ3v) is 20.6. The number of para-hydroxylation sites is 4. The number of furan rings is 2. The van der Waals surface area contributed by atoms with Gasteiger partial charge < -0.3 is 27.6 Å². The van der Waals surface area contributed by atoms with Crippen LogP contribution in [-0.4, -0.2) is 53.8 Å². The molecule has 2 aliphatic carbocycles. The molecule has 1 aliphatic heterocycles. The van der Waals surface area contributed by atoms with E-state index in [1.54, 1.807) is 31.8 Å². The molecule has 8 nitrogen and oxygen atoms in total. The Kier molecular flexibility index (Phi) is 20.1. The molecule has 13 rings (SSSR count). The number of fused-ring (bicyclic) bond motifs is 6. The number of ether oxygens (including phenoxy) is 2. The highest BCUT2D eigenvalue weighted by molar-refractivity contribution is 7.67. The van der Waals surface area contributed by atoms with Crippen LogP contribution < -0.4 is 14.8 Å². The summed E-state index contributed by atoms with van der Waals surface area (Å²) in [6.07, 6.45) is 17.7. The molecule has 84 heavy (non-hydrogen) atoms. The average molecular weight is 1160 g/mol. The molecule has 0 radical (unpaired) electrons. The highest BCUT2D eigenvalue weighted by Gasteiger charge is 2.51. The number of methoxy groups -OCH3 is 2. The number of nitrogens with zero attached hydrogens (tertiary/aromatic N) is 2. The average Bonchev–Trinajstić information content (AvgIpc) is 3.81. The second kappa shape index (κ2) is 27.4. The van der Waals surface area contributed by atoms with E-state index in [4.69, 9.17) is 39.2 Å². The van der Waals surface area contributed by atoms with Gasteiger partial charge in [-0.3, -0.25) is 9.97 Å². The summed E-state index contributed by atoms with van der Waals surface area (Å²) < 4.78 is 35.1. The summed E-state index contributed by atoms with van der Waals surface area (Å²) in [5, 5.41) is 6.73. The van der Waals surface area contributed by atoms with E-state index in [0.29, 0.717) is 5.02 Å². The summed E-state index contributed by atoms with van der Waals surface area (Å²) in [5.41, 5.74) is 14.0. The van der Waals surface area contributed by atoms with E-state index < -0.39 is 0 Å². The zero-order valence-electron chi connectivity index (χ0n) is 49.5. The lowest BCUT2D eigenvalue weighted by Crippen LogP contribution is -2.41. The van der Waals surface area contributed by atoms with Crippen molar-refractivity contribution < 1.29 is 27.6 Å². The Labute approximate surface area is 504 Å². The lowest BCUT2D eigenvalue weighted by molar-refractivity contribution is 0.00578. The lowest BCUT2D eigenvalue weighted by atomic mass is 9.81. The summed E-state index contributed by atoms with van der Waals surface area (Å²) in [6, 6.07) is 51.4. The van der Waals surface area contributed by atoms with Crippen molar-refractivity contribution in [2.75, 3.05) is 14.2 Å². The molecule has 11 heteroatoms. The van der Waals surface area contributed by atoms with Crippen molar-refractivity contribution in [3.8, 4) is 45.1 Å². The molecule has 0 spiro atoms. The third-order valence-electron chi connectivity index (χ3n) is 16.8. The van der Waals surface area contributed by atoms with Crippen molar-refractivity contribution in [3.63, 3.8) is 0 Å². The molecule has 434 valence electrons. The van der Waals surface area contributed by atoms with E-state index in [9.17, 15) is 0 Å². The van der Waals surface area contributed by atoms with E-state index in [0.717, 1.165) is 111 Å². The summed E-state index contributed by atoms with van der Waals surface area (Å²) in [7, 11) is 3.12. The predicted octanol–water partition coefficient (Wildman–Crippen LogP) is 21.0. The SMILES string of the molecule is C.C=C(C)B1OC(C)(C)C(C)(C)O1.C=C(C)c1ccnc(-c2cccc3c2oc2ccccc23)c1.COc1cccc(OC)c1-c1ccccc1P(C1CCCCC1)C1CCCCC1.Clc1ccnc(-c2cccc3c2oc2ccccc23)c1. The van der Waals surface area contributed by atoms with Crippen LogP contribution in [0.4, 0.5) is 0 Å². The van der Waals surface area contributed by atoms with Crippen LogP contribution in [0.15, 0.2) is 192 Å². The zero-order valence-corrected chi connectivity index (χ0v) is 51.1. The van der Waals surface area contributed by atoms with Gasteiger partial charge in [-0.15, -0.1) is 6.58 Å². The molecule has 5 heterocycles. The van der Waals surface area contributed by atoms with Crippen molar-refractivity contribution in [1.82, 2.24) is 9.97 Å². The first kappa shape index (κ1) is 61.6. The van der Waals surface area contributed by atoms with Crippen molar-refractivity contribution in [2.24, 2.45) is 0 Å². The maximum absolute atomic E-state index is 6.08. The third kappa shape index (κ3) is 13.4. The molecule has 2 saturated carbocycles. The van der Waals surface area contributed by atoms with Crippen LogP contribution in [-0.2, 0) is 9.31 Å². The minimum atomic E-state index is -0.241. The van der Waals surface area contributed by atoms with Gasteiger partial charge in [-0.1, -0.05) is 174 Å². The molecule has 10 aromatic rings. The number of benzene rings is 6. The van der Waals surface area contributed by atoms with E-state index in [1.807, 2.05) is 114 Å². The molecule has 0 N–H and O–H groups in total. The Bertz CT molecular complexity index is 3830. The highest BCUT2D eigenvalue weighted by Crippen LogP contribution is 2.57. The molecule has 4 aromatic heterocycles. The van der Waals surface area contributed by atoms with Gasteiger partial charge in [0.15, 0.2) is 0 Å². The summed E-state index contributed by atoms with van der Waals surface area (Å²) in [6.45, 7) is 19.9. The van der Waals surface area contributed by atoms with Gasteiger partial charge in [0.2, 0.25) is 0 Å². The number of allylic oxidation sites excluding steroid dienone is 2. The van der Waals surface area contributed by atoms with Gasteiger partial charge in [0, 0.05) is 50.1 Å². The van der Waals surface area contributed by atoms with Gasteiger partial charge in [-0.05, 0) is 156 Å². The minimum absolute atomic E-state index is 0. The van der Waals surface area contributed by atoms with Crippen LogP contribution in [0.3, 0.4) is 0 Å². The Balaban J connectivity index is 0.000000139. The number of aromatic nitrogens is 2. The molecule has 0 amide bonds. The number of pyridine rings is 2. The van der Waals surface area contributed by atoms with Crippen LogP contribution >= 0.6 is 19.5 Å². The van der Waals surface area contributed by atoms with Gasteiger partial charge in [0.1, 0.15) is 33.8 Å². The molecule has 0 unspecified atom stereocenters. The number of halogens is 1. The minimum Gasteiger partial charge on any atom is -0.496 e. The van der Waals surface area contributed by atoms with Crippen molar-refractivity contribution in [2.45, 2.75) is 136 Å². The van der Waals surface area contributed by atoms with E-state index in [-0.39, 0.29) is 33.7 Å². The van der Waals surface area contributed by atoms with Gasteiger partial charge in [0.25, 0.3) is 0 Å². The normalized spacial score (nSPS) is 15.8. The Morgan fingerprint density at radius 3 is 1.46 bits per heavy atom. The fourth-order valence-electron chi connectivity index (χ4n) is 11.8. The number of hydrogen-bond donors (Lipinski definition) is 0. The maximum atomic E-state index is 6.08. The van der Waals surface area contributed by atoms with E-state index in [2.05, 4.69) is 102 Å². The second-order valence-electron chi connectivity index (χ2n) is 23.1. The molecule has 3 fully saturated rings. The zero-order chi connectivity index (χ0) is 58.3. The summed E-state index contributed by atoms with van der Waals surface area (Å²) in [4.78, 5) is 8.90. The van der Waals surface area contributed by atoms with Crippen LogP contribution in [0.25, 0.3) is 83.1 Å². The predicted molar refractivity (Wildman–Crippen MR) is 357 cm³/mol. The van der Waals surface area contributed by atoms with Crippen LogP contribution in [0.2, 0.25) is 5.02 Å². The van der Waals surface area contributed by atoms with E-state index >= 15 is 0 Å². The maximum Gasteiger partial charge on any atom is 0.489 e.